The Labute approximate surface area is 475 Å². The van der Waals surface area contributed by atoms with Crippen molar-refractivity contribution in [3.63, 3.8) is 0 Å². The third kappa shape index (κ3) is 62.5. The summed E-state index contributed by atoms with van der Waals surface area (Å²) >= 11 is 0. The first-order chi connectivity index (χ1) is 38.0. The van der Waals surface area contributed by atoms with Gasteiger partial charge in [-0.1, -0.05) is 277 Å². The maximum absolute atomic E-state index is 12.9. The third-order valence-corrected chi connectivity index (χ3v) is 13.5. The van der Waals surface area contributed by atoms with E-state index in [1.54, 1.807) is 0 Å². The van der Waals surface area contributed by atoms with Crippen molar-refractivity contribution >= 4 is 17.9 Å². The quantitative estimate of drug-likeness (QED) is 0.0261. The van der Waals surface area contributed by atoms with E-state index in [2.05, 4.69) is 142 Å². The van der Waals surface area contributed by atoms with Gasteiger partial charge in [-0.05, 0) is 116 Å². The fourth-order valence-electron chi connectivity index (χ4n) is 8.67. The Bertz CT molecular complexity index is 1600. The van der Waals surface area contributed by atoms with Crippen molar-refractivity contribution in [1.29, 1.82) is 0 Å². The Morgan fingerprint density at radius 1 is 0.273 bits per heavy atom. The van der Waals surface area contributed by atoms with E-state index in [0.29, 0.717) is 25.7 Å². The van der Waals surface area contributed by atoms with Gasteiger partial charge in [0.15, 0.2) is 6.10 Å². The molecule has 0 aromatic carbocycles. The van der Waals surface area contributed by atoms with Crippen LogP contribution in [0.2, 0.25) is 0 Å². The normalized spacial score (nSPS) is 12.9. The van der Waals surface area contributed by atoms with E-state index in [-0.39, 0.29) is 31.1 Å². The van der Waals surface area contributed by atoms with Crippen molar-refractivity contribution in [3.05, 3.63) is 122 Å². The number of carbonyl (C=O) groups is 3. The second-order valence-electron chi connectivity index (χ2n) is 20.9. The lowest BCUT2D eigenvalue weighted by molar-refractivity contribution is -0.167. The SMILES string of the molecule is CC/C=C\C/C=C\C/C=C\C/C=C\C/C=C\C/C=C\C/C=C\C/C=C\CCCCC(=O)OCC(COC(=O)CCCCCCCCCCCCCCCCCC)OC(=O)CCCCCCC/C=C\C/C=C\CCCCCC. The topological polar surface area (TPSA) is 78.9 Å². The molecule has 0 aliphatic carbocycles. The molecule has 0 saturated heterocycles. The van der Waals surface area contributed by atoms with Crippen LogP contribution in [0.1, 0.15) is 290 Å². The molecule has 0 N–H and O–H groups in total. The molecule has 0 spiro atoms. The summed E-state index contributed by atoms with van der Waals surface area (Å²) in [5, 5.41) is 0. The molecule has 0 aliphatic heterocycles. The molecule has 6 nitrogen and oxygen atoms in total. The number of ether oxygens (including phenoxy) is 3. The summed E-state index contributed by atoms with van der Waals surface area (Å²) in [6, 6.07) is 0. The Morgan fingerprint density at radius 3 is 0.831 bits per heavy atom. The molecule has 0 aliphatic rings. The van der Waals surface area contributed by atoms with Gasteiger partial charge < -0.3 is 14.2 Å². The molecule has 0 aromatic heterocycles. The van der Waals surface area contributed by atoms with Crippen LogP contribution in [0.4, 0.5) is 0 Å². The summed E-state index contributed by atoms with van der Waals surface area (Å²) in [6.07, 6.45) is 89.1. The van der Waals surface area contributed by atoms with Crippen molar-refractivity contribution in [2.75, 3.05) is 13.2 Å². The van der Waals surface area contributed by atoms with Crippen molar-refractivity contribution in [2.45, 2.75) is 297 Å². The zero-order valence-electron chi connectivity index (χ0n) is 50.2. The lowest BCUT2D eigenvalue weighted by Gasteiger charge is -2.18. The Kier molecular flexibility index (Phi) is 60.8. The lowest BCUT2D eigenvalue weighted by Crippen LogP contribution is -2.30. The van der Waals surface area contributed by atoms with Crippen molar-refractivity contribution < 1.29 is 28.6 Å². The highest BCUT2D eigenvalue weighted by Crippen LogP contribution is 2.16. The highest BCUT2D eigenvalue weighted by atomic mass is 16.6. The highest BCUT2D eigenvalue weighted by molar-refractivity contribution is 5.71. The molecule has 1 atom stereocenters. The van der Waals surface area contributed by atoms with Gasteiger partial charge in [-0.2, -0.15) is 0 Å². The van der Waals surface area contributed by atoms with Crippen LogP contribution < -0.4 is 0 Å². The van der Waals surface area contributed by atoms with Gasteiger partial charge in [0.1, 0.15) is 13.2 Å². The smallest absolute Gasteiger partial charge is 0.306 e. The summed E-state index contributed by atoms with van der Waals surface area (Å²) in [5.41, 5.74) is 0. The zero-order valence-corrected chi connectivity index (χ0v) is 50.2. The average molecular weight is 1070 g/mol. The average Bonchev–Trinajstić information content (AvgIpc) is 3.43. The number of unbranched alkanes of at least 4 members (excludes halogenated alkanes) is 26. The second-order valence-corrected chi connectivity index (χ2v) is 20.9. The summed E-state index contributed by atoms with van der Waals surface area (Å²) < 4.78 is 16.9. The van der Waals surface area contributed by atoms with Gasteiger partial charge in [0.25, 0.3) is 0 Å². The number of allylic oxidation sites excluding steroid dienone is 20. The zero-order chi connectivity index (χ0) is 55.7. The molecule has 77 heavy (non-hydrogen) atoms. The molecule has 0 amide bonds. The molecular formula is C71H118O6. The molecule has 0 rings (SSSR count). The second kappa shape index (κ2) is 64.3. The number of esters is 3. The molecule has 6 heteroatoms. The number of carbonyl (C=O) groups excluding carboxylic acids is 3. The predicted octanol–water partition coefficient (Wildman–Crippen LogP) is 22.0. The van der Waals surface area contributed by atoms with Crippen LogP contribution in [-0.4, -0.2) is 37.2 Å². The predicted molar refractivity (Wildman–Crippen MR) is 334 cm³/mol. The highest BCUT2D eigenvalue weighted by Gasteiger charge is 2.19. The monoisotopic (exact) mass is 1070 g/mol. The van der Waals surface area contributed by atoms with E-state index < -0.39 is 6.10 Å². The van der Waals surface area contributed by atoms with Gasteiger partial charge in [0.2, 0.25) is 0 Å². The van der Waals surface area contributed by atoms with E-state index in [1.807, 2.05) is 0 Å². The van der Waals surface area contributed by atoms with Crippen molar-refractivity contribution in [2.24, 2.45) is 0 Å². The molecule has 0 fully saturated rings. The van der Waals surface area contributed by atoms with E-state index in [4.69, 9.17) is 14.2 Å². The Morgan fingerprint density at radius 2 is 0.506 bits per heavy atom. The van der Waals surface area contributed by atoms with Crippen LogP contribution in [0, 0.1) is 0 Å². The van der Waals surface area contributed by atoms with Crippen LogP contribution in [0.25, 0.3) is 0 Å². The molecule has 0 radical (unpaired) electrons. The summed E-state index contributed by atoms with van der Waals surface area (Å²) in [7, 11) is 0. The standard InChI is InChI=1S/C71H118O6/c1-4-7-10-13-16-19-22-25-28-31-32-33-34-35-36-37-38-39-40-41-44-46-49-52-55-58-61-64-70(73)76-67-68(77-71(74)65-62-59-56-53-50-47-43-30-27-24-21-18-15-12-9-6-3)66-75-69(72)63-60-57-54-51-48-45-42-29-26-23-20-17-14-11-8-5-2/h7,10,16,19,21,24-25,28,30,32-33,35-36,38-39,41,43-44,49,52,68H,4-6,8-9,11-15,17-18,20,22-23,26-27,29,31,34,37,40,42,45-48,50-51,53-67H2,1-3H3/b10-7-,19-16-,24-21-,28-25-,33-32-,36-35-,39-38-,43-30-,44-41-,52-49-. The summed E-state index contributed by atoms with van der Waals surface area (Å²) in [4.78, 5) is 38.3. The molecule has 0 saturated carbocycles. The maximum Gasteiger partial charge on any atom is 0.306 e. The van der Waals surface area contributed by atoms with Gasteiger partial charge in [0, 0.05) is 19.3 Å². The third-order valence-electron chi connectivity index (χ3n) is 13.5. The number of hydrogen-bond donors (Lipinski definition) is 0. The van der Waals surface area contributed by atoms with E-state index in [9.17, 15) is 14.4 Å². The van der Waals surface area contributed by atoms with Crippen LogP contribution in [-0.2, 0) is 28.6 Å². The van der Waals surface area contributed by atoms with Crippen LogP contribution in [0.5, 0.6) is 0 Å². The van der Waals surface area contributed by atoms with Crippen molar-refractivity contribution in [1.82, 2.24) is 0 Å². The van der Waals surface area contributed by atoms with Gasteiger partial charge >= 0.3 is 17.9 Å². The Balaban J connectivity index is 4.46. The van der Waals surface area contributed by atoms with E-state index in [1.165, 1.54) is 116 Å². The van der Waals surface area contributed by atoms with Gasteiger partial charge in [-0.15, -0.1) is 0 Å². The minimum atomic E-state index is -0.806. The fourth-order valence-corrected chi connectivity index (χ4v) is 8.67. The fraction of sp³-hybridized carbons (Fsp3) is 0.676. The first-order valence-electron chi connectivity index (χ1n) is 32.0. The van der Waals surface area contributed by atoms with Gasteiger partial charge in [-0.3, -0.25) is 14.4 Å². The number of rotatable bonds is 57. The minimum Gasteiger partial charge on any atom is -0.462 e. The van der Waals surface area contributed by atoms with Crippen molar-refractivity contribution in [3.8, 4) is 0 Å². The molecule has 438 valence electrons. The molecule has 0 bridgehead atoms. The van der Waals surface area contributed by atoms with Gasteiger partial charge in [-0.25, -0.2) is 0 Å². The summed E-state index contributed by atoms with van der Waals surface area (Å²) in [5.74, 6) is -0.951. The van der Waals surface area contributed by atoms with E-state index >= 15 is 0 Å². The number of hydrogen-bond acceptors (Lipinski definition) is 6. The Hall–Kier alpha value is -4.19. The minimum absolute atomic E-state index is 0.0976. The molecule has 0 heterocycles. The maximum atomic E-state index is 12.9. The molecular weight excluding hydrogens is 949 g/mol. The molecule has 1 unspecified atom stereocenters. The van der Waals surface area contributed by atoms with E-state index in [0.717, 1.165) is 128 Å². The van der Waals surface area contributed by atoms with Crippen LogP contribution in [0.3, 0.4) is 0 Å². The lowest BCUT2D eigenvalue weighted by atomic mass is 10.0. The van der Waals surface area contributed by atoms with Gasteiger partial charge in [0.05, 0.1) is 0 Å². The first-order valence-corrected chi connectivity index (χ1v) is 32.0. The first kappa shape index (κ1) is 72.8. The van der Waals surface area contributed by atoms with Crippen LogP contribution in [0.15, 0.2) is 122 Å². The summed E-state index contributed by atoms with van der Waals surface area (Å²) in [6.45, 7) is 6.48. The van der Waals surface area contributed by atoms with Crippen LogP contribution >= 0.6 is 0 Å². The largest absolute Gasteiger partial charge is 0.462 e. The molecule has 0 aromatic rings.